The number of oxazole rings is 1. The van der Waals surface area contributed by atoms with E-state index >= 15 is 0 Å². The predicted molar refractivity (Wildman–Crippen MR) is 66.8 cm³/mol. The number of nitrogens with zero attached hydrogens (tertiary/aromatic N) is 3. The van der Waals surface area contributed by atoms with Crippen LogP contribution in [0.5, 0.6) is 5.75 Å². The van der Waals surface area contributed by atoms with Crippen LogP contribution in [0.3, 0.4) is 0 Å². The number of aryl methyl sites for hydroxylation is 1. The van der Waals surface area contributed by atoms with Crippen LogP contribution in [0.15, 0.2) is 16.9 Å². The molecule has 0 aliphatic carbocycles. The first-order valence-corrected chi connectivity index (χ1v) is 5.84. The highest BCUT2D eigenvalue weighted by Gasteiger charge is 2.11. The molecule has 6 nitrogen and oxygen atoms in total. The Bertz CT molecular complexity index is 530. The number of nitrogens with one attached hydrogen (secondary N) is 1. The minimum atomic E-state index is 0.261. The van der Waals surface area contributed by atoms with Gasteiger partial charge in [-0.05, 0) is 0 Å². The van der Waals surface area contributed by atoms with Gasteiger partial charge in [0.25, 0.3) is 0 Å². The quantitative estimate of drug-likeness (QED) is 0.839. The molecule has 0 bridgehead atoms. The lowest BCUT2D eigenvalue weighted by Crippen LogP contribution is -2.04. The first-order chi connectivity index (χ1) is 8.74. The lowest BCUT2D eigenvalue weighted by Gasteiger charge is -2.08. The van der Waals surface area contributed by atoms with Crippen molar-refractivity contribution in [1.82, 2.24) is 15.0 Å². The zero-order chi connectivity index (χ0) is 13.0. The fourth-order valence-electron chi connectivity index (χ4n) is 1.41. The average molecular weight is 269 g/mol. The Morgan fingerprint density at radius 2 is 2.22 bits per heavy atom. The maximum absolute atomic E-state index is 5.88. The Morgan fingerprint density at radius 1 is 1.39 bits per heavy atom. The first kappa shape index (κ1) is 12.6. The third-order valence-corrected chi connectivity index (χ3v) is 2.59. The Balaban J connectivity index is 2.08. The largest absolute Gasteiger partial charge is 0.490 e. The summed E-state index contributed by atoms with van der Waals surface area (Å²) in [6.07, 6.45) is 3.89. The van der Waals surface area contributed by atoms with Gasteiger partial charge in [0.1, 0.15) is 12.1 Å². The molecule has 0 saturated carbocycles. The first-order valence-electron chi connectivity index (χ1n) is 5.46. The lowest BCUT2D eigenvalue weighted by molar-refractivity contribution is 0.412. The van der Waals surface area contributed by atoms with Gasteiger partial charge < -0.3 is 14.5 Å². The Morgan fingerprint density at radius 3 is 2.89 bits per heavy atom. The van der Waals surface area contributed by atoms with E-state index in [1.807, 2.05) is 6.92 Å². The molecule has 0 fully saturated rings. The molecule has 0 amide bonds. The van der Waals surface area contributed by atoms with Gasteiger partial charge >= 0.3 is 0 Å². The Kier molecular flexibility index (Phi) is 3.99. The number of rotatable bonds is 5. The molecular weight excluding hydrogens is 256 g/mol. The molecule has 7 heteroatoms. The normalized spacial score (nSPS) is 10.4. The van der Waals surface area contributed by atoms with Gasteiger partial charge in [0.15, 0.2) is 16.7 Å². The van der Waals surface area contributed by atoms with Crippen molar-refractivity contribution in [2.75, 3.05) is 12.4 Å². The second-order valence-electron chi connectivity index (χ2n) is 3.47. The number of methoxy groups -OCH3 is 1. The van der Waals surface area contributed by atoms with Crippen LogP contribution in [-0.4, -0.2) is 22.1 Å². The zero-order valence-corrected chi connectivity index (χ0v) is 10.9. The minimum absolute atomic E-state index is 0.261. The van der Waals surface area contributed by atoms with E-state index in [1.54, 1.807) is 6.20 Å². The van der Waals surface area contributed by atoms with Gasteiger partial charge in [-0.3, -0.25) is 0 Å². The maximum Gasteiger partial charge on any atom is 0.213 e. The van der Waals surface area contributed by atoms with Crippen molar-refractivity contribution in [3.63, 3.8) is 0 Å². The van der Waals surface area contributed by atoms with E-state index in [4.69, 9.17) is 20.8 Å². The molecule has 0 saturated heterocycles. The van der Waals surface area contributed by atoms with Crippen molar-refractivity contribution in [2.45, 2.75) is 19.9 Å². The van der Waals surface area contributed by atoms with Crippen LogP contribution in [0.2, 0.25) is 5.15 Å². The molecule has 0 aromatic carbocycles. The highest BCUT2D eigenvalue weighted by molar-refractivity contribution is 6.31. The average Bonchev–Trinajstić information content (AvgIpc) is 2.84. The molecule has 1 N–H and O–H groups in total. The van der Waals surface area contributed by atoms with Crippen LogP contribution in [0, 0.1) is 0 Å². The summed E-state index contributed by atoms with van der Waals surface area (Å²) in [7, 11) is 1.51. The van der Waals surface area contributed by atoms with Crippen molar-refractivity contribution in [2.24, 2.45) is 0 Å². The van der Waals surface area contributed by atoms with Crippen LogP contribution >= 0.6 is 11.6 Å². The monoisotopic (exact) mass is 268 g/mol. The smallest absolute Gasteiger partial charge is 0.213 e. The Labute approximate surface area is 109 Å². The molecule has 2 heterocycles. The molecule has 0 radical (unpaired) electrons. The van der Waals surface area contributed by atoms with Crippen molar-refractivity contribution < 1.29 is 9.15 Å². The van der Waals surface area contributed by atoms with Gasteiger partial charge in [-0.1, -0.05) is 18.5 Å². The van der Waals surface area contributed by atoms with Crippen molar-refractivity contribution in [1.29, 1.82) is 0 Å². The molecule has 2 aromatic heterocycles. The van der Waals surface area contributed by atoms with E-state index in [0.29, 0.717) is 24.0 Å². The number of ether oxygens (including phenoxy) is 1. The van der Waals surface area contributed by atoms with Crippen LogP contribution in [-0.2, 0) is 13.0 Å². The summed E-state index contributed by atoms with van der Waals surface area (Å²) in [5, 5.41) is 3.30. The predicted octanol–water partition coefficient (Wildman–Crippen LogP) is 2.30. The molecule has 0 unspecified atom stereocenters. The van der Waals surface area contributed by atoms with Crippen molar-refractivity contribution >= 4 is 17.4 Å². The summed E-state index contributed by atoms with van der Waals surface area (Å²) >= 11 is 5.88. The van der Waals surface area contributed by atoms with Crippen LogP contribution in [0.25, 0.3) is 0 Å². The van der Waals surface area contributed by atoms with Crippen LogP contribution in [0.1, 0.15) is 18.6 Å². The molecule has 2 rings (SSSR count). The van der Waals surface area contributed by atoms with Gasteiger partial charge in [0.2, 0.25) is 5.89 Å². The Hall–Kier alpha value is -1.82. The molecule has 0 atom stereocenters. The summed E-state index contributed by atoms with van der Waals surface area (Å²) in [4.78, 5) is 12.0. The number of halogens is 1. The van der Waals surface area contributed by atoms with Gasteiger partial charge in [-0.2, -0.15) is 0 Å². The second-order valence-corrected chi connectivity index (χ2v) is 3.83. The number of hydrogen-bond donors (Lipinski definition) is 1. The second kappa shape index (κ2) is 5.68. The van der Waals surface area contributed by atoms with E-state index in [2.05, 4.69) is 20.3 Å². The van der Waals surface area contributed by atoms with Gasteiger partial charge in [0.05, 0.1) is 19.9 Å². The fourth-order valence-corrected chi connectivity index (χ4v) is 1.62. The highest BCUT2D eigenvalue weighted by Crippen LogP contribution is 2.28. The SMILES string of the molecule is CCc1cnc(CNc2ncnc(Cl)c2OC)o1. The topological polar surface area (TPSA) is 73.1 Å². The van der Waals surface area contributed by atoms with Gasteiger partial charge in [-0.15, -0.1) is 0 Å². The molecule has 0 aliphatic rings. The van der Waals surface area contributed by atoms with E-state index in [9.17, 15) is 0 Å². The number of aromatic nitrogens is 3. The standard InChI is InChI=1S/C11H13ClN4O2/c1-3-7-4-13-8(18-7)5-14-11-9(17-2)10(12)15-6-16-11/h4,6H,3,5H2,1-2H3,(H,14,15,16). The molecule has 0 spiro atoms. The molecule has 96 valence electrons. The third-order valence-electron chi connectivity index (χ3n) is 2.32. The van der Waals surface area contributed by atoms with Crippen LogP contribution < -0.4 is 10.1 Å². The minimum Gasteiger partial charge on any atom is -0.490 e. The highest BCUT2D eigenvalue weighted by atomic mass is 35.5. The van der Waals surface area contributed by atoms with Crippen molar-refractivity contribution in [3.05, 3.63) is 29.3 Å². The summed E-state index contributed by atoms with van der Waals surface area (Å²) in [6, 6.07) is 0. The third kappa shape index (κ3) is 2.70. The van der Waals surface area contributed by atoms with E-state index in [-0.39, 0.29) is 5.15 Å². The summed E-state index contributed by atoms with van der Waals surface area (Å²) in [5.41, 5.74) is 0. The van der Waals surface area contributed by atoms with Crippen LogP contribution in [0.4, 0.5) is 5.82 Å². The number of anilines is 1. The fraction of sp³-hybridized carbons (Fsp3) is 0.364. The van der Waals surface area contributed by atoms with Gasteiger partial charge in [-0.25, -0.2) is 15.0 Å². The summed E-state index contributed by atoms with van der Waals surface area (Å²) in [6.45, 7) is 2.41. The molecule has 0 aliphatic heterocycles. The van der Waals surface area contributed by atoms with Crippen molar-refractivity contribution in [3.8, 4) is 5.75 Å². The van der Waals surface area contributed by atoms with E-state index < -0.39 is 0 Å². The summed E-state index contributed by atoms with van der Waals surface area (Å²) in [5.74, 6) is 2.35. The maximum atomic E-state index is 5.88. The summed E-state index contributed by atoms with van der Waals surface area (Å²) < 4.78 is 10.6. The lowest BCUT2D eigenvalue weighted by atomic mass is 10.4. The molecular formula is C11H13ClN4O2. The van der Waals surface area contributed by atoms with E-state index in [1.165, 1.54) is 13.4 Å². The molecule has 18 heavy (non-hydrogen) atoms. The van der Waals surface area contributed by atoms with E-state index in [0.717, 1.165) is 12.2 Å². The molecule has 2 aromatic rings. The zero-order valence-electron chi connectivity index (χ0n) is 10.1. The van der Waals surface area contributed by atoms with Gasteiger partial charge in [0, 0.05) is 6.42 Å². The number of hydrogen-bond acceptors (Lipinski definition) is 6.